The van der Waals surface area contributed by atoms with E-state index in [-0.39, 0.29) is 30.0 Å². The van der Waals surface area contributed by atoms with E-state index >= 15 is 0 Å². The lowest BCUT2D eigenvalue weighted by Crippen LogP contribution is -2.38. The Balaban J connectivity index is 0.00000225. The van der Waals surface area contributed by atoms with Crippen LogP contribution in [0.2, 0.25) is 0 Å². The van der Waals surface area contributed by atoms with Crippen LogP contribution in [0.5, 0.6) is 0 Å². The number of guanidine groups is 1. The Hall–Kier alpha value is -1.77. The topological polar surface area (TPSA) is 65.7 Å². The van der Waals surface area contributed by atoms with Gasteiger partial charge in [0.2, 0.25) is 0 Å². The van der Waals surface area contributed by atoms with Crippen molar-refractivity contribution in [1.82, 2.24) is 15.8 Å². The van der Waals surface area contributed by atoms with Crippen LogP contribution in [-0.2, 0) is 6.54 Å². The van der Waals surface area contributed by atoms with Gasteiger partial charge < -0.3 is 20.1 Å². The maximum Gasteiger partial charge on any atom is 0.191 e. The zero-order chi connectivity index (χ0) is 16.8. The first-order valence-corrected chi connectivity index (χ1v) is 8.47. The number of benzene rings is 1. The fourth-order valence-electron chi connectivity index (χ4n) is 2.95. The van der Waals surface area contributed by atoms with Gasteiger partial charge in [0.15, 0.2) is 5.96 Å². The molecule has 2 N–H and O–H groups in total. The van der Waals surface area contributed by atoms with Crippen LogP contribution in [0.25, 0.3) is 0 Å². The molecule has 0 aliphatic carbocycles. The summed E-state index contributed by atoms with van der Waals surface area (Å²) in [7, 11) is 1.77. The molecule has 25 heavy (non-hydrogen) atoms. The van der Waals surface area contributed by atoms with Crippen LogP contribution in [0.15, 0.2) is 46.1 Å². The van der Waals surface area contributed by atoms with Gasteiger partial charge in [-0.1, -0.05) is 17.3 Å². The van der Waals surface area contributed by atoms with E-state index in [1.165, 1.54) is 24.1 Å². The third kappa shape index (κ3) is 5.35. The summed E-state index contributed by atoms with van der Waals surface area (Å²) >= 11 is 0. The smallest absolute Gasteiger partial charge is 0.191 e. The van der Waals surface area contributed by atoms with Crippen molar-refractivity contribution in [3.8, 4) is 0 Å². The van der Waals surface area contributed by atoms with Crippen LogP contribution in [0.3, 0.4) is 0 Å². The Kier molecular flexibility index (Phi) is 7.54. The lowest BCUT2D eigenvalue weighted by molar-refractivity contribution is 0.410. The molecule has 0 amide bonds. The molecule has 0 radical (unpaired) electrons. The monoisotopic (exact) mass is 455 g/mol. The van der Waals surface area contributed by atoms with Gasteiger partial charge in [-0.2, -0.15) is 0 Å². The number of aromatic nitrogens is 1. The molecule has 1 saturated heterocycles. The van der Waals surface area contributed by atoms with Gasteiger partial charge in [0.05, 0.1) is 12.6 Å². The number of hydrogen-bond donors (Lipinski definition) is 2. The zero-order valence-corrected chi connectivity index (χ0v) is 17.1. The number of anilines is 1. The normalized spacial score (nSPS) is 15.6. The van der Waals surface area contributed by atoms with Crippen molar-refractivity contribution in [1.29, 1.82) is 0 Å². The van der Waals surface area contributed by atoms with E-state index in [9.17, 15) is 0 Å². The third-order valence-electron chi connectivity index (χ3n) is 4.35. The van der Waals surface area contributed by atoms with E-state index in [4.69, 9.17) is 4.52 Å². The van der Waals surface area contributed by atoms with E-state index in [0.717, 1.165) is 24.7 Å². The molecular formula is C18H26IN5O. The molecule has 1 atom stereocenters. The van der Waals surface area contributed by atoms with E-state index in [1.54, 1.807) is 13.3 Å². The Labute approximate surface area is 166 Å². The molecule has 1 aromatic heterocycles. The van der Waals surface area contributed by atoms with Crippen molar-refractivity contribution in [2.24, 2.45) is 4.99 Å². The van der Waals surface area contributed by atoms with Gasteiger partial charge >= 0.3 is 0 Å². The Morgan fingerprint density at radius 2 is 2.12 bits per heavy atom. The third-order valence-corrected chi connectivity index (χ3v) is 4.35. The largest absolute Gasteiger partial charge is 0.372 e. The van der Waals surface area contributed by atoms with Crippen molar-refractivity contribution in [2.45, 2.75) is 32.4 Å². The molecule has 1 aliphatic heterocycles. The predicted molar refractivity (Wildman–Crippen MR) is 112 cm³/mol. The second kappa shape index (κ2) is 9.65. The number of halogens is 1. The van der Waals surface area contributed by atoms with Gasteiger partial charge in [0.1, 0.15) is 12.0 Å². The maximum atomic E-state index is 4.84. The number of rotatable bonds is 5. The SMILES string of the molecule is CN=C(NCc1ccon1)NC(C)c1cccc(N2CCCC2)c1.I. The Morgan fingerprint density at radius 1 is 1.32 bits per heavy atom. The van der Waals surface area contributed by atoms with Gasteiger partial charge in [-0.15, -0.1) is 24.0 Å². The highest BCUT2D eigenvalue weighted by atomic mass is 127. The molecule has 7 heteroatoms. The molecule has 1 aromatic carbocycles. The minimum Gasteiger partial charge on any atom is -0.372 e. The molecule has 136 valence electrons. The molecule has 0 spiro atoms. The summed E-state index contributed by atoms with van der Waals surface area (Å²) < 4.78 is 4.84. The summed E-state index contributed by atoms with van der Waals surface area (Å²) in [5.41, 5.74) is 3.41. The second-order valence-corrected chi connectivity index (χ2v) is 6.07. The Morgan fingerprint density at radius 3 is 2.80 bits per heavy atom. The fraction of sp³-hybridized carbons (Fsp3) is 0.444. The second-order valence-electron chi connectivity index (χ2n) is 6.07. The fourth-order valence-corrected chi connectivity index (χ4v) is 2.95. The first-order valence-electron chi connectivity index (χ1n) is 8.47. The number of hydrogen-bond acceptors (Lipinski definition) is 4. The van der Waals surface area contributed by atoms with E-state index in [0.29, 0.717) is 6.54 Å². The van der Waals surface area contributed by atoms with Crippen LogP contribution in [-0.4, -0.2) is 31.3 Å². The highest BCUT2D eigenvalue weighted by Gasteiger charge is 2.14. The number of aliphatic imine (C=N–C) groups is 1. The van der Waals surface area contributed by atoms with Gasteiger partial charge in [0.25, 0.3) is 0 Å². The van der Waals surface area contributed by atoms with Gasteiger partial charge in [-0.3, -0.25) is 4.99 Å². The lowest BCUT2D eigenvalue weighted by atomic mass is 10.1. The van der Waals surface area contributed by atoms with Crippen molar-refractivity contribution >= 4 is 35.6 Å². The predicted octanol–water partition coefficient (Wildman–Crippen LogP) is 3.32. The van der Waals surface area contributed by atoms with Crippen LogP contribution in [0.4, 0.5) is 5.69 Å². The number of nitrogens with zero attached hydrogens (tertiary/aromatic N) is 3. The summed E-state index contributed by atoms with van der Waals surface area (Å²) in [4.78, 5) is 6.73. The van der Waals surface area contributed by atoms with Crippen LogP contribution in [0.1, 0.15) is 37.1 Å². The van der Waals surface area contributed by atoms with Crippen molar-refractivity contribution < 1.29 is 4.52 Å². The van der Waals surface area contributed by atoms with Gasteiger partial charge in [-0.25, -0.2) is 0 Å². The zero-order valence-electron chi connectivity index (χ0n) is 14.7. The average molecular weight is 455 g/mol. The quantitative estimate of drug-likeness (QED) is 0.412. The lowest BCUT2D eigenvalue weighted by Gasteiger charge is -2.22. The molecule has 0 saturated carbocycles. The molecule has 2 heterocycles. The molecule has 1 aliphatic rings. The summed E-state index contributed by atoms with van der Waals surface area (Å²) in [6.07, 6.45) is 4.15. The first-order chi connectivity index (χ1) is 11.8. The molecular weight excluding hydrogens is 429 g/mol. The molecule has 1 unspecified atom stereocenters. The molecule has 3 rings (SSSR count). The highest BCUT2D eigenvalue weighted by Crippen LogP contribution is 2.23. The first kappa shape index (κ1) is 19.6. The van der Waals surface area contributed by atoms with E-state index in [2.05, 4.69) is 56.9 Å². The van der Waals surface area contributed by atoms with Gasteiger partial charge in [0, 0.05) is 31.9 Å². The molecule has 6 nitrogen and oxygen atoms in total. The van der Waals surface area contributed by atoms with Crippen molar-refractivity contribution in [3.05, 3.63) is 47.9 Å². The summed E-state index contributed by atoms with van der Waals surface area (Å²) in [5, 5.41) is 10.6. The van der Waals surface area contributed by atoms with E-state index < -0.39 is 0 Å². The minimum absolute atomic E-state index is 0. The van der Waals surface area contributed by atoms with Crippen molar-refractivity contribution in [3.63, 3.8) is 0 Å². The molecule has 2 aromatic rings. The summed E-state index contributed by atoms with van der Waals surface area (Å²) in [6, 6.07) is 10.8. The Bertz CT molecular complexity index is 668. The summed E-state index contributed by atoms with van der Waals surface area (Å²) in [6.45, 7) is 5.04. The number of nitrogens with one attached hydrogen (secondary N) is 2. The molecule has 0 bridgehead atoms. The van der Waals surface area contributed by atoms with E-state index in [1.807, 2.05) is 6.07 Å². The maximum absolute atomic E-state index is 4.84. The van der Waals surface area contributed by atoms with Crippen LogP contribution < -0.4 is 15.5 Å². The average Bonchev–Trinajstić information content (AvgIpc) is 3.32. The highest BCUT2D eigenvalue weighted by molar-refractivity contribution is 14.0. The minimum atomic E-state index is 0. The van der Waals surface area contributed by atoms with Crippen LogP contribution >= 0.6 is 24.0 Å². The standard InChI is InChI=1S/C18H25N5O.HI/c1-14(21-18(19-2)20-13-16-8-11-24-22-16)15-6-5-7-17(12-15)23-9-3-4-10-23;/h5-8,11-12,14H,3-4,9-10,13H2,1-2H3,(H2,19,20,21);1H. The van der Waals surface area contributed by atoms with Crippen LogP contribution in [0, 0.1) is 0 Å². The van der Waals surface area contributed by atoms with Crippen molar-refractivity contribution in [2.75, 3.05) is 25.0 Å². The van der Waals surface area contributed by atoms with Gasteiger partial charge in [-0.05, 0) is 37.5 Å². The molecule has 1 fully saturated rings. The summed E-state index contributed by atoms with van der Waals surface area (Å²) in [5.74, 6) is 0.747.